The Bertz CT molecular complexity index is 313. The van der Waals surface area contributed by atoms with E-state index in [0.717, 1.165) is 0 Å². The fourth-order valence-corrected chi connectivity index (χ4v) is 2.36. The van der Waals surface area contributed by atoms with E-state index in [4.69, 9.17) is 0 Å². The normalized spacial score (nSPS) is 11.2. The number of benzene rings is 1. The Morgan fingerprint density at radius 2 is 1.42 bits per heavy atom. The molecule has 1 nitrogen and oxygen atoms in total. The van der Waals surface area contributed by atoms with Crippen LogP contribution in [0, 0.1) is 0 Å². The molecule has 0 radical (unpaired) electrons. The summed E-state index contributed by atoms with van der Waals surface area (Å²) in [5, 5.41) is 3.47. The highest BCUT2D eigenvalue weighted by molar-refractivity contribution is 5.22. The van der Waals surface area contributed by atoms with E-state index in [9.17, 15) is 0 Å². The molecule has 0 atom stereocenters. The summed E-state index contributed by atoms with van der Waals surface area (Å²) in [4.78, 5) is 0. The number of aryl methyl sites for hydroxylation is 2. The van der Waals surface area contributed by atoms with Gasteiger partial charge in [-0.15, -0.1) is 0 Å². The SMILES string of the molecule is CCCc1ccc(CCCCCCNC(C)C)cc1. The van der Waals surface area contributed by atoms with Gasteiger partial charge >= 0.3 is 0 Å². The Morgan fingerprint density at radius 3 is 2.00 bits per heavy atom. The second kappa shape index (κ2) is 10.0. The lowest BCUT2D eigenvalue weighted by Gasteiger charge is -2.07. The Labute approximate surface area is 119 Å². The van der Waals surface area contributed by atoms with E-state index in [0.29, 0.717) is 6.04 Å². The predicted molar refractivity (Wildman–Crippen MR) is 85.7 cm³/mol. The van der Waals surface area contributed by atoms with Crippen LogP contribution in [0.15, 0.2) is 24.3 Å². The molecule has 0 fully saturated rings. The summed E-state index contributed by atoms with van der Waals surface area (Å²) in [5.41, 5.74) is 2.98. The zero-order valence-corrected chi connectivity index (χ0v) is 13.0. The molecule has 1 aromatic carbocycles. The number of nitrogens with one attached hydrogen (secondary N) is 1. The Kier molecular flexibility index (Phi) is 8.57. The molecule has 108 valence electrons. The monoisotopic (exact) mass is 261 g/mol. The maximum absolute atomic E-state index is 3.47. The van der Waals surface area contributed by atoms with Crippen LogP contribution < -0.4 is 5.32 Å². The van der Waals surface area contributed by atoms with E-state index in [1.54, 1.807) is 0 Å². The average Bonchev–Trinajstić information content (AvgIpc) is 2.39. The van der Waals surface area contributed by atoms with Gasteiger partial charge in [-0.25, -0.2) is 0 Å². The molecule has 0 saturated carbocycles. The first-order valence-corrected chi connectivity index (χ1v) is 8.03. The molecular weight excluding hydrogens is 230 g/mol. The summed E-state index contributed by atoms with van der Waals surface area (Å²) >= 11 is 0. The lowest BCUT2D eigenvalue weighted by molar-refractivity contribution is 0.542. The first-order valence-electron chi connectivity index (χ1n) is 8.03. The summed E-state index contributed by atoms with van der Waals surface area (Å²) in [6.45, 7) is 7.83. The number of rotatable bonds is 10. The summed E-state index contributed by atoms with van der Waals surface area (Å²) < 4.78 is 0. The van der Waals surface area contributed by atoms with Crippen LogP contribution in [0.1, 0.15) is 64.0 Å². The third-order valence-corrected chi connectivity index (χ3v) is 3.51. The standard InChI is InChI=1S/C18H31N/c1-4-9-17-11-13-18(14-12-17)10-7-5-6-8-15-19-16(2)3/h11-14,16,19H,4-10,15H2,1-3H3. The molecule has 0 aliphatic heterocycles. The maximum atomic E-state index is 3.47. The minimum absolute atomic E-state index is 0.627. The van der Waals surface area contributed by atoms with Crippen molar-refractivity contribution in [2.45, 2.75) is 71.8 Å². The van der Waals surface area contributed by atoms with Crippen molar-refractivity contribution in [3.63, 3.8) is 0 Å². The van der Waals surface area contributed by atoms with Crippen LogP contribution in [-0.4, -0.2) is 12.6 Å². The molecule has 1 N–H and O–H groups in total. The van der Waals surface area contributed by atoms with Crippen molar-refractivity contribution in [2.75, 3.05) is 6.54 Å². The molecule has 0 bridgehead atoms. The molecule has 0 spiro atoms. The van der Waals surface area contributed by atoms with Gasteiger partial charge in [0.2, 0.25) is 0 Å². The highest BCUT2D eigenvalue weighted by Gasteiger charge is 1.96. The van der Waals surface area contributed by atoms with Crippen molar-refractivity contribution < 1.29 is 0 Å². The molecule has 0 aliphatic carbocycles. The van der Waals surface area contributed by atoms with Crippen LogP contribution in [0.25, 0.3) is 0 Å². The predicted octanol–water partition coefficient (Wildman–Crippen LogP) is 4.74. The number of hydrogen-bond donors (Lipinski definition) is 1. The molecule has 0 aromatic heterocycles. The highest BCUT2D eigenvalue weighted by atomic mass is 14.9. The van der Waals surface area contributed by atoms with Crippen molar-refractivity contribution in [3.8, 4) is 0 Å². The van der Waals surface area contributed by atoms with Crippen LogP contribution in [-0.2, 0) is 12.8 Å². The molecule has 19 heavy (non-hydrogen) atoms. The van der Waals surface area contributed by atoms with E-state index in [-0.39, 0.29) is 0 Å². The fraction of sp³-hybridized carbons (Fsp3) is 0.667. The molecule has 0 heterocycles. The summed E-state index contributed by atoms with van der Waals surface area (Å²) in [6.07, 6.45) is 9.05. The van der Waals surface area contributed by atoms with Crippen LogP contribution in [0.2, 0.25) is 0 Å². The van der Waals surface area contributed by atoms with Crippen molar-refractivity contribution in [1.82, 2.24) is 5.32 Å². The van der Waals surface area contributed by atoms with Gasteiger partial charge in [0.25, 0.3) is 0 Å². The van der Waals surface area contributed by atoms with Gasteiger partial charge in [0.05, 0.1) is 0 Å². The molecule has 0 aliphatic rings. The van der Waals surface area contributed by atoms with Crippen LogP contribution in [0.4, 0.5) is 0 Å². The topological polar surface area (TPSA) is 12.0 Å². The molecule has 1 heteroatoms. The Hall–Kier alpha value is -0.820. The van der Waals surface area contributed by atoms with Gasteiger partial charge in [0, 0.05) is 6.04 Å². The van der Waals surface area contributed by atoms with Crippen LogP contribution in [0.3, 0.4) is 0 Å². The first-order chi connectivity index (χ1) is 9.22. The van der Waals surface area contributed by atoms with E-state index >= 15 is 0 Å². The van der Waals surface area contributed by atoms with Crippen LogP contribution in [0.5, 0.6) is 0 Å². The summed E-state index contributed by atoms with van der Waals surface area (Å²) in [7, 11) is 0. The van der Waals surface area contributed by atoms with Gasteiger partial charge < -0.3 is 5.32 Å². The minimum Gasteiger partial charge on any atom is -0.315 e. The van der Waals surface area contributed by atoms with Crippen molar-refractivity contribution in [1.29, 1.82) is 0 Å². The van der Waals surface area contributed by atoms with E-state index in [2.05, 4.69) is 50.4 Å². The first kappa shape index (κ1) is 16.2. The molecule has 1 rings (SSSR count). The van der Waals surface area contributed by atoms with Gasteiger partial charge in [0.15, 0.2) is 0 Å². The zero-order chi connectivity index (χ0) is 13.9. The molecule has 0 amide bonds. The van der Waals surface area contributed by atoms with Gasteiger partial charge in [-0.1, -0.05) is 64.3 Å². The average molecular weight is 261 g/mol. The quantitative estimate of drug-likeness (QED) is 0.600. The van der Waals surface area contributed by atoms with E-state index in [1.165, 1.54) is 62.6 Å². The number of hydrogen-bond acceptors (Lipinski definition) is 1. The van der Waals surface area contributed by atoms with Gasteiger partial charge in [0.1, 0.15) is 0 Å². The van der Waals surface area contributed by atoms with E-state index < -0.39 is 0 Å². The Balaban J connectivity index is 2.05. The molecular formula is C18H31N. The lowest BCUT2D eigenvalue weighted by atomic mass is 10.0. The molecule has 0 unspecified atom stereocenters. The highest BCUT2D eigenvalue weighted by Crippen LogP contribution is 2.10. The fourth-order valence-electron chi connectivity index (χ4n) is 2.36. The van der Waals surface area contributed by atoms with Crippen molar-refractivity contribution >= 4 is 0 Å². The largest absolute Gasteiger partial charge is 0.315 e. The van der Waals surface area contributed by atoms with Crippen molar-refractivity contribution in [2.24, 2.45) is 0 Å². The Morgan fingerprint density at radius 1 is 0.842 bits per heavy atom. The maximum Gasteiger partial charge on any atom is 0.00103 e. The van der Waals surface area contributed by atoms with E-state index in [1.807, 2.05) is 0 Å². The van der Waals surface area contributed by atoms with Crippen LogP contribution >= 0.6 is 0 Å². The second-order valence-corrected chi connectivity index (χ2v) is 5.84. The van der Waals surface area contributed by atoms with Gasteiger partial charge in [-0.2, -0.15) is 0 Å². The zero-order valence-electron chi connectivity index (χ0n) is 13.0. The van der Waals surface area contributed by atoms with Gasteiger partial charge in [-0.05, 0) is 43.4 Å². The van der Waals surface area contributed by atoms with Gasteiger partial charge in [-0.3, -0.25) is 0 Å². The summed E-state index contributed by atoms with van der Waals surface area (Å²) in [6, 6.07) is 9.84. The third kappa shape index (κ3) is 8.05. The molecule has 0 saturated heterocycles. The summed E-state index contributed by atoms with van der Waals surface area (Å²) in [5.74, 6) is 0. The molecule has 1 aromatic rings. The third-order valence-electron chi connectivity index (χ3n) is 3.51. The van der Waals surface area contributed by atoms with Crippen molar-refractivity contribution in [3.05, 3.63) is 35.4 Å². The minimum atomic E-state index is 0.627. The smallest absolute Gasteiger partial charge is 0.00103 e. The lowest BCUT2D eigenvalue weighted by Crippen LogP contribution is -2.23. The number of unbranched alkanes of at least 4 members (excludes halogenated alkanes) is 3. The second-order valence-electron chi connectivity index (χ2n) is 5.84.